The number of carboxylic acid groups (broad SMARTS) is 1. The monoisotopic (exact) mass is 475 g/mol. The molecule has 1 aliphatic heterocycles. The van der Waals surface area contributed by atoms with Gasteiger partial charge in [0.25, 0.3) is 5.91 Å². The summed E-state index contributed by atoms with van der Waals surface area (Å²) in [4.78, 5) is 50.9. The lowest BCUT2D eigenvalue weighted by Crippen LogP contribution is -2.33. The van der Waals surface area contributed by atoms with Gasteiger partial charge in [-0.1, -0.05) is 66.4 Å². The van der Waals surface area contributed by atoms with E-state index in [-0.39, 0.29) is 26.4 Å². The van der Waals surface area contributed by atoms with Crippen molar-refractivity contribution < 1.29 is 28.7 Å². The van der Waals surface area contributed by atoms with E-state index in [4.69, 9.17) is 21.7 Å². The second-order valence-corrected chi connectivity index (χ2v) is 8.97. The van der Waals surface area contributed by atoms with Crippen LogP contribution < -0.4 is 0 Å². The number of aliphatic carboxylic acids is 1. The van der Waals surface area contributed by atoms with E-state index in [2.05, 4.69) is 0 Å². The highest BCUT2D eigenvalue weighted by Crippen LogP contribution is 2.37. The van der Waals surface area contributed by atoms with Crippen LogP contribution in [0.3, 0.4) is 0 Å². The number of thiocarbonyl (C=S) groups is 1. The topological polar surface area (TPSA) is 105 Å². The van der Waals surface area contributed by atoms with Crippen LogP contribution >= 0.6 is 24.0 Å². The SMILES string of the molecule is O=C(O)CN1C(=O)/C(=C/c2ccc(-c3cccc4c3C(=O)c3ccccc3C4=O)o2)SC1=S. The summed E-state index contributed by atoms with van der Waals surface area (Å²) in [6.45, 7) is -0.515. The Balaban J connectivity index is 1.51. The summed E-state index contributed by atoms with van der Waals surface area (Å²) in [5.74, 6) is -1.48. The first-order valence-corrected chi connectivity index (χ1v) is 11.0. The van der Waals surface area contributed by atoms with Crippen LogP contribution in [0.4, 0.5) is 0 Å². The number of fused-ring (bicyclic) bond motifs is 2. The van der Waals surface area contributed by atoms with Crippen molar-refractivity contribution in [1.29, 1.82) is 0 Å². The predicted octanol–water partition coefficient (Wildman–Crippen LogP) is 4.01. The highest BCUT2D eigenvalue weighted by molar-refractivity contribution is 8.26. The molecule has 0 saturated carbocycles. The van der Waals surface area contributed by atoms with Crippen LogP contribution in [0.1, 0.15) is 37.6 Å². The molecule has 1 aromatic heterocycles. The third-order valence-corrected chi connectivity index (χ3v) is 6.66. The maximum atomic E-state index is 13.2. The molecular formula is C24H13NO6S2. The van der Waals surface area contributed by atoms with Gasteiger partial charge in [0.1, 0.15) is 22.4 Å². The Bertz CT molecular complexity index is 1430. The zero-order valence-electron chi connectivity index (χ0n) is 16.7. The van der Waals surface area contributed by atoms with E-state index in [1.54, 1.807) is 54.6 Å². The third kappa shape index (κ3) is 3.51. The molecule has 1 N–H and O–H groups in total. The predicted molar refractivity (Wildman–Crippen MR) is 125 cm³/mol. The van der Waals surface area contributed by atoms with Gasteiger partial charge in [0.2, 0.25) is 0 Å². The number of carbonyl (C=O) groups is 4. The lowest BCUT2D eigenvalue weighted by atomic mass is 9.81. The molecule has 2 aliphatic rings. The molecule has 1 aliphatic carbocycles. The number of furan rings is 1. The normalized spacial score (nSPS) is 16.4. The van der Waals surface area contributed by atoms with Gasteiger partial charge >= 0.3 is 5.97 Å². The fourth-order valence-electron chi connectivity index (χ4n) is 3.83. The van der Waals surface area contributed by atoms with E-state index >= 15 is 0 Å². The number of carbonyl (C=O) groups excluding carboxylic acids is 3. The zero-order chi connectivity index (χ0) is 23.3. The summed E-state index contributed by atoms with van der Waals surface area (Å²) in [6, 6.07) is 15.0. The molecule has 5 rings (SSSR count). The Morgan fingerprint density at radius 2 is 1.61 bits per heavy atom. The third-order valence-electron chi connectivity index (χ3n) is 5.29. The molecule has 0 bridgehead atoms. The zero-order valence-corrected chi connectivity index (χ0v) is 18.4. The molecule has 2 aromatic carbocycles. The van der Waals surface area contributed by atoms with Crippen molar-refractivity contribution >= 4 is 57.8 Å². The van der Waals surface area contributed by atoms with Crippen molar-refractivity contribution in [3.05, 3.63) is 87.5 Å². The minimum absolute atomic E-state index is 0.153. The molecule has 0 unspecified atom stereocenters. The van der Waals surface area contributed by atoms with Crippen molar-refractivity contribution in [3.63, 3.8) is 0 Å². The van der Waals surface area contributed by atoms with Crippen LogP contribution in [-0.4, -0.2) is 44.3 Å². The van der Waals surface area contributed by atoms with Gasteiger partial charge in [0.05, 0.1) is 4.91 Å². The summed E-state index contributed by atoms with van der Waals surface area (Å²) in [5.41, 5.74) is 1.77. The first-order chi connectivity index (χ1) is 15.8. The molecule has 1 fully saturated rings. The Morgan fingerprint density at radius 1 is 0.939 bits per heavy atom. The van der Waals surface area contributed by atoms with Gasteiger partial charge in [-0.15, -0.1) is 0 Å². The highest BCUT2D eigenvalue weighted by atomic mass is 32.2. The Hall–Kier alpha value is -3.82. The lowest BCUT2D eigenvalue weighted by molar-refractivity contribution is -0.140. The molecular weight excluding hydrogens is 462 g/mol. The molecule has 33 heavy (non-hydrogen) atoms. The van der Waals surface area contributed by atoms with Gasteiger partial charge < -0.3 is 9.52 Å². The smallest absolute Gasteiger partial charge is 0.323 e. The lowest BCUT2D eigenvalue weighted by Gasteiger charge is -2.19. The number of benzene rings is 2. The van der Waals surface area contributed by atoms with Crippen LogP contribution in [-0.2, 0) is 9.59 Å². The van der Waals surface area contributed by atoms with Crippen LogP contribution in [0.2, 0.25) is 0 Å². The first kappa shape index (κ1) is 21.0. The molecule has 1 saturated heterocycles. The van der Waals surface area contributed by atoms with Gasteiger partial charge in [-0.05, 0) is 12.1 Å². The second-order valence-electron chi connectivity index (χ2n) is 7.30. The first-order valence-electron chi connectivity index (χ1n) is 9.74. The minimum atomic E-state index is -1.16. The average Bonchev–Trinajstić information content (AvgIpc) is 3.37. The molecule has 2 heterocycles. The van der Waals surface area contributed by atoms with Crippen molar-refractivity contribution in [3.8, 4) is 11.3 Å². The highest BCUT2D eigenvalue weighted by Gasteiger charge is 2.34. The Labute approximate surface area is 196 Å². The molecule has 162 valence electrons. The molecule has 7 nitrogen and oxygen atoms in total. The summed E-state index contributed by atoms with van der Waals surface area (Å²) < 4.78 is 6.04. The standard InChI is InChI=1S/C24H13NO6S2/c26-19(27)11-25-23(30)18(33-24(25)32)10-12-8-9-17(31-12)15-6-3-7-16-20(15)22(29)14-5-2-1-4-13(14)21(16)28/h1-10H,11H2,(H,26,27)/b18-10-. The number of ketones is 2. The van der Waals surface area contributed by atoms with Gasteiger partial charge in [0, 0.05) is 33.9 Å². The summed E-state index contributed by atoms with van der Waals surface area (Å²) >= 11 is 6.08. The Kier molecular flexibility index (Phi) is 5.07. The number of hydrogen-bond acceptors (Lipinski definition) is 7. The average molecular weight is 476 g/mol. The number of amides is 1. The van der Waals surface area contributed by atoms with Crippen LogP contribution in [0.15, 0.2) is 63.9 Å². The number of thioether (sulfide) groups is 1. The summed E-state index contributed by atoms with van der Waals surface area (Å²) in [6.07, 6.45) is 1.47. The number of rotatable bonds is 4. The molecule has 1 amide bonds. The van der Waals surface area contributed by atoms with Crippen LogP contribution in [0, 0.1) is 0 Å². The van der Waals surface area contributed by atoms with Crippen molar-refractivity contribution in [2.45, 2.75) is 0 Å². The summed E-state index contributed by atoms with van der Waals surface area (Å²) in [7, 11) is 0. The Morgan fingerprint density at radius 3 is 2.33 bits per heavy atom. The van der Waals surface area contributed by atoms with Crippen LogP contribution in [0.25, 0.3) is 17.4 Å². The van der Waals surface area contributed by atoms with E-state index in [0.717, 1.165) is 16.7 Å². The largest absolute Gasteiger partial charge is 0.480 e. The molecule has 0 spiro atoms. The van der Waals surface area contributed by atoms with Gasteiger partial charge in [-0.2, -0.15) is 0 Å². The maximum absolute atomic E-state index is 13.2. The second kappa shape index (κ2) is 7.95. The maximum Gasteiger partial charge on any atom is 0.323 e. The van der Waals surface area contributed by atoms with Crippen molar-refractivity contribution in [1.82, 2.24) is 4.90 Å². The van der Waals surface area contributed by atoms with Crippen LogP contribution in [0.5, 0.6) is 0 Å². The van der Waals surface area contributed by atoms with Gasteiger partial charge in [0.15, 0.2) is 11.6 Å². The van der Waals surface area contributed by atoms with E-state index in [0.29, 0.717) is 33.8 Å². The number of nitrogens with zero attached hydrogens (tertiary/aromatic N) is 1. The van der Waals surface area contributed by atoms with E-state index in [9.17, 15) is 19.2 Å². The van der Waals surface area contributed by atoms with E-state index in [1.807, 2.05) is 0 Å². The van der Waals surface area contributed by atoms with Gasteiger partial charge in [-0.3, -0.25) is 24.1 Å². The fraction of sp³-hybridized carbons (Fsp3) is 0.0417. The number of carboxylic acids is 1. The molecule has 0 radical (unpaired) electrons. The molecule has 3 aromatic rings. The summed E-state index contributed by atoms with van der Waals surface area (Å²) in [5, 5.41) is 8.96. The molecule has 9 heteroatoms. The minimum Gasteiger partial charge on any atom is -0.480 e. The quantitative estimate of drug-likeness (QED) is 0.349. The van der Waals surface area contributed by atoms with Crippen molar-refractivity contribution in [2.75, 3.05) is 6.54 Å². The fourth-order valence-corrected chi connectivity index (χ4v) is 5.06. The van der Waals surface area contributed by atoms with Crippen molar-refractivity contribution in [2.24, 2.45) is 0 Å². The van der Waals surface area contributed by atoms with E-state index in [1.165, 1.54) is 6.08 Å². The van der Waals surface area contributed by atoms with Gasteiger partial charge in [-0.25, -0.2) is 0 Å². The number of hydrogen-bond donors (Lipinski definition) is 1. The van der Waals surface area contributed by atoms with E-state index < -0.39 is 18.4 Å². The molecule has 0 atom stereocenters.